The normalized spacial score (nSPS) is 11.3. The molecule has 0 radical (unpaired) electrons. The van der Waals surface area contributed by atoms with Gasteiger partial charge in [-0.2, -0.15) is 0 Å². The minimum atomic E-state index is -0.994. The van der Waals surface area contributed by atoms with Gasteiger partial charge in [-0.3, -0.25) is 0 Å². The number of furan rings is 1. The highest BCUT2D eigenvalue weighted by Gasteiger charge is 2.22. The maximum absolute atomic E-state index is 11.2. The van der Waals surface area contributed by atoms with Gasteiger partial charge in [-0.05, 0) is 17.9 Å². The molecule has 0 bridgehead atoms. The Morgan fingerprint density at radius 1 is 1.41 bits per heavy atom. The van der Waals surface area contributed by atoms with Gasteiger partial charge in [0.25, 0.3) is 0 Å². The minimum absolute atomic E-state index is 0.0795. The third-order valence-corrected chi connectivity index (χ3v) is 2.99. The molecule has 0 aliphatic heterocycles. The van der Waals surface area contributed by atoms with Crippen molar-refractivity contribution >= 4 is 16.9 Å². The molecule has 3 nitrogen and oxygen atoms in total. The first kappa shape index (κ1) is 11.7. The van der Waals surface area contributed by atoms with Crippen LogP contribution in [0.1, 0.15) is 48.4 Å². The molecule has 1 N–H and O–H groups in total. The number of hydrogen-bond acceptors (Lipinski definition) is 2. The van der Waals surface area contributed by atoms with Gasteiger partial charge in [0.15, 0.2) is 0 Å². The van der Waals surface area contributed by atoms with E-state index in [1.807, 2.05) is 39.0 Å². The van der Waals surface area contributed by atoms with Crippen LogP contribution < -0.4 is 0 Å². The van der Waals surface area contributed by atoms with E-state index < -0.39 is 5.97 Å². The molecule has 17 heavy (non-hydrogen) atoms. The van der Waals surface area contributed by atoms with E-state index in [2.05, 4.69) is 0 Å². The van der Waals surface area contributed by atoms with Crippen molar-refractivity contribution in [3.8, 4) is 0 Å². The van der Waals surface area contributed by atoms with E-state index in [0.717, 1.165) is 28.5 Å². The topological polar surface area (TPSA) is 50.4 Å². The first-order valence-corrected chi connectivity index (χ1v) is 5.83. The number of fused-ring (bicyclic) bond motifs is 1. The monoisotopic (exact) mass is 232 g/mol. The molecule has 1 heterocycles. The number of carbonyl (C=O) groups is 1. The molecule has 0 saturated heterocycles. The summed E-state index contributed by atoms with van der Waals surface area (Å²) in [6.45, 7) is 6.00. The molecule has 0 fully saturated rings. The van der Waals surface area contributed by atoms with Crippen LogP contribution in [0.3, 0.4) is 0 Å². The number of benzene rings is 1. The number of rotatable bonds is 3. The maximum atomic E-state index is 11.2. The van der Waals surface area contributed by atoms with Crippen molar-refractivity contribution in [1.29, 1.82) is 0 Å². The van der Waals surface area contributed by atoms with Gasteiger partial charge >= 0.3 is 5.97 Å². The summed E-state index contributed by atoms with van der Waals surface area (Å²) in [6.07, 6.45) is 0.835. The summed E-state index contributed by atoms with van der Waals surface area (Å²) in [5.41, 5.74) is 2.57. The van der Waals surface area contributed by atoms with Crippen molar-refractivity contribution in [2.24, 2.45) is 0 Å². The van der Waals surface area contributed by atoms with Crippen LogP contribution >= 0.6 is 0 Å². The SMILES string of the molecule is CCc1cccc2c(C(C)C)c(C(=O)O)oc12. The van der Waals surface area contributed by atoms with E-state index in [-0.39, 0.29) is 11.7 Å². The molecule has 0 spiro atoms. The quantitative estimate of drug-likeness (QED) is 0.875. The Bertz CT molecular complexity index is 564. The zero-order chi connectivity index (χ0) is 12.6. The largest absolute Gasteiger partial charge is 0.475 e. The second-order valence-corrected chi connectivity index (χ2v) is 4.45. The molecule has 0 saturated carbocycles. The predicted octanol–water partition coefficient (Wildman–Crippen LogP) is 3.82. The molecule has 0 unspecified atom stereocenters. The number of aromatic carboxylic acids is 1. The van der Waals surface area contributed by atoms with Crippen LogP contribution in [0, 0.1) is 0 Å². The standard InChI is InChI=1S/C14H16O3/c1-4-9-6-5-7-10-11(8(2)3)13(14(15)16)17-12(9)10/h5-8H,4H2,1-3H3,(H,15,16). The van der Waals surface area contributed by atoms with Crippen molar-refractivity contribution in [3.63, 3.8) is 0 Å². The number of carboxylic acid groups (broad SMARTS) is 1. The summed E-state index contributed by atoms with van der Waals surface area (Å²) in [4.78, 5) is 11.2. The number of hydrogen-bond donors (Lipinski definition) is 1. The smallest absolute Gasteiger partial charge is 0.372 e. The van der Waals surface area contributed by atoms with E-state index in [4.69, 9.17) is 4.42 Å². The summed E-state index contributed by atoms with van der Waals surface area (Å²) < 4.78 is 5.54. The molecule has 3 heteroatoms. The molecule has 0 atom stereocenters. The summed E-state index contributed by atoms with van der Waals surface area (Å²) in [6, 6.07) is 5.86. The van der Waals surface area contributed by atoms with Crippen molar-refractivity contribution in [3.05, 3.63) is 35.1 Å². The number of para-hydroxylation sites is 1. The fourth-order valence-electron chi connectivity index (χ4n) is 2.21. The van der Waals surface area contributed by atoms with Gasteiger partial charge < -0.3 is 9.52 Å². The van der Waals surface area contributed by atoms with Crippen LogP contribution in [-0.4, -0.2) is 11.1 Å². The summed E-state index contributed by atoms with van der Waals surface area (Å²) in [7, 11) is 0. The maximum Gasteiger partial charge on any atom is 0.372 e. The van der Waals surface area contributed by atoms with Crippen molar-refractivity contribution in [2.75, 3.05) is 0 Å². The Morgan fingerprint density at radius 3 is 2.65 bits per heavy atom. The summed E-state index contributed by atoms with van der Waals surface area (Å²) in [5.74, 6) is -0.780. The van der Waals surface area contributed by atoms with Crippen molar-refractivity contribution in [2.45, 2.75) is 33.1 Å². The lowest BCUT2D eigenvalue weighted by Gasteiger charge is -2.03. The summed E-state index contributed by atoms with van der Waals surface area (Å²) in [5, 5.41) is 10.1. The van der Waals surface area contributed by atoms with Gasteiger partial charge in [-0.15, -0.1) is 0 Å². The lowest BCUT2D eigenvalue weighted by Crippen LogP contribution is -2.00. The van der Waals surface area contributed by atoms with Gasteiger partial charge in [0.05, 0.1) is 0 Å². The highest BCUT2D eigenvalue weighted by atomic mass is 16.4. The average Bonchev–Trinajstić information content (AvgIpc) is 2.67. The van der Waals surface area contributed by atoms with E-state index in [1.54, 1.807) is 0 Å². The zero-order valence-corrected chi connectivity index (χ0v) is 10.3. The van der Waals surface area contributed by atoms with Crippen LogP contribution in [0.4, 0.5) is 0 Å². The molecular weight excluding hydrogens is 216 g/mol. The average molecular weight is 232 g/mol. The van der Waals surface area contributed by atoms with Crippen LogP contribution in [0.5, 0.6) is 0 Å². The third-order valence-electron chi connectivity index (χ3n) is 2.99. The van der Waals surface area contributed by atoms with Crippen LogP contribution in [0.15, 0.2) is 22.6 Å². The molecule has 1 aromatic heterocycles. The fourth-order valence-corrected chi connectivity index (χ4v) is 2.21. The number of carboxylic acids is 1. The van der Waals surface area contributed by atoms with Gasteiger partial charge in [0.1, 0.15) is 5.58 Å². The van der Waals surface area contributed by atoms with Crippen molar-refractivity contribution in [1.82, 2.24) is 0 Å². The highest BCUT2D eigenvalue weighted by molar-refractivity contribution is 5.96. The Balaban J connectivity index is 2.83. The first-order chi connectivity index (χ1) is 8.06. The van der Waals surface area contributed by atoms with Crippen LogP contribution in [0.25, 0.3) is 11.0 Å². The van der Waals surface area contributed by atoms with Gasteiger partial charge in [0, 0.05) is 10.9 Å². The number of aryl methyl sites for hydroxylation is 1. The molecule has 0 aliphatic carbocycles. The summed E-state index contributed by atoms with van der Waals surface area (Å²) >= 11 is 0. The molecule has 90 valence electrons. The lowest BCUT2D eigenvalue weighted by molar-refractivity contribution is 0.0662. The Labute approximate surface area is 100 Å². The molecule has 2 aromatic rings. The van der Waals surface area contributed by atoms with Gasteiger partial charge in [-0.25, -0.2) is 4.79 Å². The van der Waals surface area contributed by atoms with E-state index in [9.17, 15) is 9.90 Å². The highest BCUT2D eigenvalue weighted by Crippen LogP contribution is 2.33. The van der Waals surface area contributed by atoms with Gasteiger partial charge in [-0.1, -0.05) is 39.0 Å². The molecule has 1 aromatic carbocycles. The van der Waals surface area contributed by atoms with Crippen molar-refractivity contribution < 1.29 is 14.3 Å². The second kappa shape index (κ2) is 4.24. The Hall–Kier alpha value is -1.77. The Morgan fingerprint density at radius 2 is 2.12 bits per heavy atom. The van der Waals surface area contributed by atoms with Crippen LogP contribution in [0.2, 0.25) is 0 Å². The molecule has 2 rings (SSSR count). The second-order valence-electron chi connectivity index (χ2n) is 4.45. The predicted molar refractivity (Wildman–Crippen MR) is 66.6 cm³/mol. The first-order valence-electron chi connectivity index (χ1n) is 5.83. The third kappa shape index (κ3) is 1.82. The van der Waals surface area contributed by atoms with E-state index in [0.29, 0.717) is 0 Å². The van der Waals surface area contributed by atoms with E-state index in [1.165, 1.54) is 0 Å². The van der Waals surface area contributed by atoms with E-state index >= 15 is 0 Å². The minimum Gasteiger partial charge on any atom is -0.475 e. The lowest BCUT2D eigenvalue weighted by atomic mass is 9.98. The zero-order valence-electron chi connectivity index (χ0n) is 10.3. The molecule has 0 amide bonds. The molecule has 0 aliphatic rings. The fraction of sp³-hybridized carbons (Fsp3) is 0.357. The Kier molecular flexibility index (Phi) is 2.92. The van der Waals surface area contributed by atoms with Crippen LogP contribution in [-0.2, 0) is 6.42 Å². The van der Waals surface area contributed by atoms with Gasteiger partial charge in [0.2, 0.25) is 5.76 Å². The molecular formula is C14H16O3.